The first-order valence-corrected chi connectivity index (χ1v) is 16.6. The van der Waals surface area contributed by atoms with Crippen LogP contribution in [0.5, 0.6) is 5.88 Å². The molecule has 2 amide bonds. The van der Waals surface area contributed by atoms with Gasteiger partial charge in [-0.25, -0.2) is 9.78 Å². The molecule has 0 radical (unpaired) electrons. The zero-order valence-corrected chi connectivity index (χ0v) is 28.5. The van der Waals surface area contributed by atoms with Crippen LogP contribution in [0.4, 0.5) is 32.0 Å². The minimum absolute atomic E-state index is 0.0464. The van der Waals surface area contributed by atoms with Crippen molar-refractivity contribution in [3.63, 3.8) is 0 Å². The highest BCUT2D eigenvalue weighted by atomic mass is 19.4. The smallest absolute Gasteiger partial charge is 0.416 e. The summed E-state index contributed by atoms with van der Waals surface area (Å²) in [6, 6.07) is 26.0. The monoisotopic (exact) mass is 747 g/mol. The Hall–Kier alpha value is -6.18. The SMILES string of the molecule is COC(=O)c1cc(NC(=O)c2ccccc2-c2ccc(C(F)(F)F)cc2)cnc1OCCCC1(C(=O)NCC(F)(F)F)c2ccccc2-c2ccccc21. The lowest BCUT2D eigenvalue weighted by Gasteiger charge is -2.31. The molecule has 6 rings (SSSR count). The largest absolute Gasteiger partial charge is 0.477 e. The number of nitrogens with one attached hydrogen (secondary N) is 2. The number of hydrogen-bond acceptors (Lipinski definition) is 6. The van der Waals surface area contributed by atoms with E-state index < -0.39 is 47.7 Å². The third-order valence-corrected chi connectivity index (χ3v) is 9.05. The van der Waals surface area contributed by atoms with E-state index in [1.54, 1.807) is 54.6 Å². The summed E-state index contributed by atoms with van der Waals surface area (Å²) in [5.74, 6) is -2.46. The minimum Gasteiger partial charge on any atom is -0.477 e. The number of benzene rings is 4. The third kappa shape index (κ3) is 7.63. The number of methoxy groups -OCH3 is 1. The third-order valence-electron chi connectivity index (χ3n) is 9.05. The van der Waals surface area contributed by atoms with Crippen molar-refractivity contribution >= 4 is 23.5 Å². The number of esters is 1. The van der Waals surface area contributed by atoms with E-state index in [-0.39, 0.29) is 42.1 Å². The highest BCUT2D eigenvalue weighted by Crippen LogP contribution is 2.51. The molecule has 0 unspecified atom stereocenters. The molecule has 0 bridgehead atoms. The standard InChI is InChI=1S/C40H31F6N3O5/c1-53-36(51)31-21-26(49-34(50)30-12-3-2-9-27(30)24-15-17-25(18-16-24)40(44,45)46)22-47-35(31)54-20-8-19-38(37(52)48-23-39(41,42)43)32-13-6-4-10-28(32)29-11-5-7-14-33(29)38/h2-7,9-18,21-22H,8,19-20,23H2,1H3,(H,48,52)(H,49,50). The number of carbonyl (C=O) groups is 3. The second-order valence-electron chi connectivity index (χ2n) is 12.4. The van der Waals surface area contributed by atoms with Crippen molar-refractivity contribution in [1.29, 1.82) is 0 Å². The van der Waals surface area contributed by atoms with E-state index in [9.17, 15) is 40.7 Å². The molecule has 0 fully saturated rings. The van der Waals surface area contributed by atoms with Crippen LogP contribution in [0.3, 0.4) is 0 Å². The van der Waals surface area contributed by atoms with Crippen molar-refractivity contribution in [2.75, 3.05) is 25.6 Å². The molecule has 278 valence electrons. The second kappa shape index (κ2) is 15.0. The summed E-state index contributed by atoms with van der Waals surface area (Å²) in [5, 5.41) is 4.72. The van der Waals surface area contributed by atoms with Gasteiger partial charge < -0.3 is 20.1 Å². The first kappa shape index (κ1) is 37.6. The van der Waals surface area contributed by atoms with Gasteiger partial charge in [0.1, 0.15) is 17.5 Å². The fourth-order valence-electron chi connectivity index (χ4n) is 6.65. The predicted molar refractivity (Wildman–Crippen MR) is 187 cm³/mol. The number of hydrogen-bond donors (Lipinski definition) is 2. The van der Waals surface area contributed by atoms with Gasteiger partial charge in [-0.05, 0) is 70.5 Å². The topological polar surface area (TPSA) is 107 Å². The van der Waals surface area contributed by atoms with E-state index in [1.165, 1.54) is 30.5 Å². The molecule has 2 N–H and O–H groups in total. The summed E-state index contributed by atoms with van der Waals surface area (Å²) in [4.78, 5) is 44.2. The normalized spacial score (nSPS) is 13.0. The van der Waals surface area contributed by atoms with Crippen molar-refractivity contribution < 1.29 is 50.2 Å². The average Bonchev–Trinajstić information content (AvgIpc) is 3.45. The van der Waals surface area contributed by atoms with Gasteiger partial charge in [0.15, 0.2) is 0 Å². The number of halogens is 6. The second-order valence-corrected chi connectivity index (χ2v) is 12.4. The van der Waals surface area contributed by atoms with E-state index >= 15 is 0 Å². The van der Waals surface area contributed by atoms with Gasteiger partial charge >= 0.3 is 18.3 Å². The molecule has 0 spiro atoms. The molecule has 8 nitrogen and oxygen atoms in total. The van der Waals surface area contributed by atoms with E-state index in [2.05, 4.69) is 15.6 Å². The van der Waals surface area contributed by atoms with Crippen LogP contribution < -0.4 is 15.4 Å². The maximum atomic E-state index is 13.8. The molecule has 1 aliphatic carbocycles. The number of alkyl halides is 6. The molecule has 5 aromatic rings. The van der Waals surface area contributed by atoms with Crippen LogP contribution in [0.1, 0.15) is 50.2 Å². The molecule has 54 heavy (non-hydrogen) atoms. The van der Waals surface area contributed by atoms with Gasteiger partial charge in [-0.3, -0.25) is 9.59 Å². The summed E-state index contributed by atoms with van der Waals surface area (Å²) in [6.07, 6.45) is -7.73. The summed E-state index contributed by atoms with van der Waals surface area (Å²) in [7, 11) is 1.13. The van der Waals surface area contributed by atoms with Crippen LogP contribution >= 0.6 is 0 Å². The summed E-state index contributed by atoms with van der Waals surface area (Å²) < 4.78 is 89.8. The maximum Gasteiger partial charge on any atom is 0.416 e. The lowest BCUT2D eigenvalue weighted by Crippen LogP contribution is -2.47. The molecule has 0 saturated heterocycles. The van der Waals surface area contributed by atoms with Crippen LogP contribution in [-0.2, 0) is 21.1 Å². The number of amides is 2. The number of nitrogens with zero attached hydrogens (tertiary/aromatic N) is 1. The van der Waals surface area contributed by atoms with E-state index in [0.29, 0.717) is 22.3 Å². The number of carbonyl (C=O) groups excluding carboxylic acids is 3. The van der Waals surface area contributed by atoms with Crippen LogP contribution in [0.2, 0.25) is 0 Å². The minimum atomic E-state index is -4.63. The van der Waals surface area contributed by atoms with Crippen molar-refractivity contribution in [1.82, 2.24) is 10.3 Å². The zero-order chi connectivity index (χ0) is 38.7. The maximum absolute atomic E-state index is 13.8. The predicted octanol–water partition coefficient (Wildman–Crippen LogP) is 8.61. The Morgan fingerprint density at radius 1 is 0.759 bits per heavy atom. The first-order chi connectivity index (χ1) is 25.7. The van der Waals surface area contributed by atoms with Gasteiger partial charge in [0, 0.05) is 5.56 Å². The summed E-state index contributed by atoms with van der Waals surface area (Å²) in [6.45, 7) is -1.62. The molecule has 1 heterocycles. The Balaban J connectivity index is 1.21. The van der Waals surface area contributed by atoms with E-state index in [0.717, 1.165) is 30.4 Å². The van der Waals surface area contributed by atoms with Crippen LogP contribution in [0.15, 0.2) is 109 Å². The number of pyridine rings is 1. The molecular weight excluding hydrogens is 716 g/mol. The molecule has 14 heteroatoms. The van der Waals surface area contributed by atoms with Crippen LogP contribution in [0.25, 0.3) is 22.3 Å². The highest BCUT2D eigenvalue weighted by molar-refractivity contribution is 6.09. The zero-order valence-electron chi connectivity index (χ0n) is 28.5. The highest BCUT2D eigenvalue weighted by Gasteiger charge is 2.49. The fourth-order valence-corrected chi connectivity index (χ4v) is 6.65. The van der Waals surface area contributed by atoms with Crippen molar-refractivity contribution in [2.45, 2.75) is 30.6 Å². The van der Waals surface area contributed by atoms with Gasteiger partial charge in [-0.1, -0.05) is 78.9 Å². The number of rotatable bonds is 11. The van der Waals surface area contributed by atoms with Gasteiger partial charge in [0.25, 0.3) is 5.91 Å². The van der Waals surface area contributed by atoms with Gasteiger partial charge in [-0.15, -0.1) is 0 Å². The molecule has 0 saturated carbocycles. The van der Waals surface area contributed by atoms with Crippen molar-refractivity contribution in [3.05, 3.63) is 137 Å². The number of anilines is 1. The van der Waals surface area contributed by atoms with Crippen molar-refractivity contribution in [2.24, 2.45) is 0 Å². The number of ether oxygens (including phenoxy) is 2. The van der Waals surface area contributed by atoms with Crippen LogP contribution in [0, 0.1) is 0 Å². The summed E-state index contributed by atoms with van der Waals surface area (Å²) >= 11 is 0. The summed E-state index contributed by atoms with van der Waals surface area (Å²) in [5.41, 5.74) is 1.06. The molecular formula is C40H31F6N3O5. The van der Waals surface area contributed by atoms with Gasteiger partial charge in [0.2, 0.25) is 11.8 Å². The number of aromatic nitrogens is 1. The van der Waals surface area contributed by atoms with E-state index in [1.807, 2.05) is 12.1 Å². The lowest BCUT2D eigenvalue weighted by atomic mass is 9.73. The molecule has 4 aromatic carbocycles. The molecule has 0 aliphatic heterocycles. The average molecular weight is 748 g/mol. The molecule has 1 aromatic heterocycles. The Labute approximate surface area is 305 Å². The molecule has 0 atom stereocenters. The fraction of sp³-hybridized carbons (Fsp3) is 0.200. The Morgan fingerprint density at radius 3 is 1.94 bits per heavy atom. The van der Waals surface area contributed by atoms with Crippen molar-refractivity contribution in [3.8, 4) is 28.1 Å². The Bertz CT molecular complexity index is 2160. The lowest BCUT2D eigenvalue weighted by molar-refractivity contribution is -0.141. The Kier molecular flexibility index (Phi) is 10.5. The quantitative estimate of drug-likeness (QED) is 0.0797. The van der Waals surface area contributed by atoms with E-state index in [4.69, 9.17) is 9.47 Å². The van der Waals surface area contributed by atoms with Gasteiger partial charge in [0.05, 0.1) is 31.2 Å². The Morgan fingerprint density at radius 2 is 1.35 bits per heavy atom. The van der Waals surface area contributed by atoms with Crippen LogP contribution in [-0.4, -0.2) is 49.2 Å². The van der Waals surface area contributed by atoms with Gasteiger partial charge in [-0.2, -0.15) is 26.3 Å². The number of fused-ring (bicyclic) bond motifs is 3. The first-order valence-electron chi connectivity index (χ1n) is 16.6. The molecule has 1 aliphatic rings.